The van der Waals surface area contributed by atoms with Crippen LogP contribution in [0, 0.1) is 5.92 Å². The van der Waals surface area contributed by atoms with Crippen LogP contribution in [0.3, 0.4) is 0 Å². The molecule has 1 atom stereocenters. The van der Waals surface area contributed by atoms with Crippen molar-refractivity contribution >= 4 is 6.03 Å². The molecule has 2 amide bonds. The van der Waals surface area contributed by atoms with Crippen molar-refractivity contribution in [3.05, 3.63) is 60.2 Å². The van der Waals surface area contributed by atoms with E-state index < -0.39 is 0 Å². The van der Waals surface area contributed by atoms with Gasteiger partial charge in [-0.05, 0) is 48.9 Å². The monoisotopic (exact) mass is 380 g/mol. The zero-order valence-electron chi connectivity index (χ0n) is 17.1. The van der Waals surface area contributed by atoms with E-state index in [4.69, 9.17) is 0 Å². The number of nitrogens with one attached hydrogen (secondary N) is 1. The second-order valence-electron chi connectivity index (χ2n) is 8.16. The number of hydrogen-bond donors (Lipinski definition) is 1. The summed E-state index contributed by atoms with van der Waals surface area (Å²) in [6, 6.07) is 10.1. The number of carbonyl (C=O) groups is 1. The third-order valence-electron chi connectivity index (χ3n) is 5.43. The van der Waals surface area contributed by atoms with Gasteiger partial charge < -0.3 is 10.2 Å². The Labute approximate surface area is 168 Å². The molecule has 0 aliphatic heterocycles. The summed E-state index contributed by atoms with van der Waals surface area (Å²) in [4.78, 5) is 24.1. The molecule has 2 aromatic heterocycles. The highest BCUT2D eigenvalue weighted by Crippen LogP contribution is 2.26. The number of pyridine rings is 2. The summed E-state index contributed by atoms with van der Waals surface area (Å²) < 4.78 is 0. The van der Waals surface area contributed by atoms with Crippen LogP contribution in [0.5, 0.6) is 0 Å². The molecule has 28 heavy (non-hydrogen) atoms. The third-order valence-corrected chi connectivity index (χ3v) is 5.43. The standard InChI is InChI=1S/C23H32N4O/c1-18(2)15-22(19-9-8-13-24-16-19)26-23(28)27(21-11-4-3-5-12-21)17-20-10-6-7-14-25-20/h6-10,13-14,16,18,21-22H,3-5,11-12,15,17H2,1-2H3,(H,26,28)/t22-/m0/s1. The molecule has 2 aromatic rings. The average Bonchev–Trinajstić information content (AvgIpc) is 2.73. The van der Waals surface area contributed by atoms with Gasteiger partial charge in [-0.1, -0.05) is 45.2 Å². The first-order valence-electron chi connectivity index (χ1n) is 10.5. The van der Waals surface area contributed by atoms with E-state index in [0.717, 1.165) is 30.5 Å². The van der Waals surface area contributed by atoms with Crippen LogP contribution in [-0.2, 0) is 6.54 Å². The lowest BCUT2D eigenvalue weighted by atomic mass is 9.94. The summed E-state index contributed by atoms with van der Waals surface area (Å²) in [5.41, 5.74) is 2.00. The molecule has 5 heteroatoms. The minimum absolute atomic E-state index is 0.00653. The first-order chi connectivity index (χ1) is 13.6. The molecule has 150 valence electrons. The van der Waals surface area contributed by atoms with Crippen molar-refractivity contribution in [2.75, 3.05) is 0 Å². The first-order valence-corrected chi connectivity index (χ1v) is 10.5. The minimum atomic E-state index is -0.0315. The maximum Gasteiger partial charge on any atom is 0.318 e. The van der Waals surface area contributed by atoms with Crippen molar-refractivity contribution in [2.45, 2.75) is 71.0 Å². The lowest BCUT2D eigenvalue weighted by molar-refractivity contribution is 0.145. The number of amides is 2. The number of urea groups is 1. The van der Waals surface area contributed by atoms with Crippen LogP contribution < -0.4 is 5.32 Å². The lowest BCUT2D eigenvalue weighted by Crippen LogP contribution is -2.47. The number of aromatic nitrogens is 2. The molecular formula is C23H32N4O. The highest BCUT2D eigenvalue weighted by Gasteiger charge is 2.28. The Morgan fingerprint density at radius 2 is 1.96 bits per heavy atom. The molecule has 0 aromatic carbocycles. The second kappa shape index (κ2) is 10.2. The summed E-state index contributed by atoms with van der Waals surface area (Å²) >= 11 is 0. The van der Waals surface area contributed by atoms with E-state index in [-0.39, 0.29) is 18.1 Å². The predicted octanol–water partition coefficient (Wildman–Crippen LogP) is 5.11. The lowest BCUT2D eigenvalue weighted by Gasteiger charge is -2.35. The summed E-state index contributed by atoms with van der Waals surface area (Å²) in [6.45, 7) is 4.92. The van der Waals surface area contributed by atoms with Gasteiger partial charge in [0.15, 0.2) is 0 Å². The largest absolute Gasteiger partial charge is 0.331 e. The molecule has 3 rings (SSSR count). The predicted molar refractivity (Wildman–Crippen MR) is 112 cm³/mol. The molecule has 1 saturated carbocycles. The Hall–Kier alpha value is -2.43. The average molecular weight is 381 g/mol. The zero-order valence-corrected chi connectivity index (χ0v) is 17.1. The van der Waals surface area contributed by atoms with E-state index in [1.807, 2.05) is 41.4 Å². The summed E-state index contributed by atoms with van der Waals surface area (Å²) in [7, 11) is 0. The Morgan fingerprint density at radius 1 is 1.14 bits per heavy atom. The van der Waals surface area contributed by atoms with Crippen LogP contribution in [0.4, 0.5) is 4.79 Å². The summed E-state index contributed by atoms with van der Waals surface area (Å²) in [6.07, 6.45) is 12.1. The molecule has 1 aliphatic carbocycles. The fraction of sp³-hybridized carbons (Fsp3) is 0.522. The Bertz CT molecular complexity index is 714. The van der Waals surface area contributed by atoms with E-state index in [1.165, 1.54) is 19.3 Å². The van der Waals surface area contributed by atoms with Crippen molar-refractivity contribution in [3.8, 4) is 0 Å². The van der Waals surface area contributed by atoms with Crippen LogP contribution >= 0.6 is 0 Å². The smallest absolute Gasteiger partial charge is 0.318 e. The van der Waals surface area contributed by atoms with Gasteiger partial charge >= 0.3 is 6.03 Å². The minimum Gasteiger partial charge on any atom is -0.331 e. The maximum absolute atomic E-state index is 13.4. The second-order valence-corrected chi connectivity index (χ2v) is 8.16. The molecule has 0 bridgehead atoms. The van der Waals surface area contributed by atoms with Crippen molar-refractivity contribution in [1.82, 2.24) is 20.2 Å². The SMILES string of the molecule is CC(C)C[C@H](NC(=O)N(Cc1ccccn1)C1CCCCC1)c1cccnc1. The zero-order chi connectivity index (χ0) is 19.8. The third kappa shape index (κ3) is 5.78. The number of rotatable bonds is 7. The topological polar surface area (TPSA) is 58.1 Å². The van der Waals surface area contributed by atoms with Crippen LogP contribution in [0.2, 0.25) is 0 Å². The number of hydrogen-bond acceptors (Lipinski definition) is 3. The van der Waals surface area contributed by atoms with Crippen molar-refractivity contribution in [1.29, 1.82) is 0 Å². The van der Waals surface area contributed by atoms with E-state index in [9.17, 15) is 4.79 Å². The maximum atomic E-state index is 13.4. The molecular weight excluding hydrogens is 348 g/mol. The van der Waals surface area contributed by atoms with Gasteiger partial charge in [0.25, 0.3) is 0 Å². The van der Waals surface area contributed by atoms with Gasteiger partial charge in [0, 0.05) is 24.6 Å². The quantitative estimate of drug-likeness (QED) is 0.726. The van der Waals surface area contributed by atoms with Crippen LogP contribution in [0.25, 0.3) is 0 Å². The molecule has 0 radical (unpaired) electrons. The number of carbonyl (C=O) groups excluding carboxylic acids is 1. The molecule has 5 nitrogen and oxygen atoms in total. The molecule has 0 saturated heterocycles. The summed E-state index contributed by atoms with van der Waals surface area (Å²) in [5.74, 6) is 0.476. The van der Waals surface area contributed by atoms with Gasteiger partial charge in [-0.2, -0.15) is 0 Å². The van der Waals surface area contributed by atoms with E-state index >= 15 is 0 Å². The highest BCUT2D eigenvalue weighted by atomic mass is 16.2. The van der Waals surface area contributed by atoms with Gasteiger partial charge in [-0.15, -0.1) is 0 Å². The highest BCUT2D eigenvalue weighted by molar-refractivity contribution is 5.75. The van der Waals surface area contributed by atoms with E-state index in [0.29, 0.717) is 12.5 Å². The molecule has 0 spiro atoms. The fourth-order valence-corrected chi connectivity index (χ4v) is 3.99. The van der Waals surface area contributed by atoms with Gasteiger partial charge in [-0.25, -0.2) is 4.79 Å². The van der Waals surface area contributed by atoms with Gasteiger partial charge in [-0.3, -0.25) is 9.97 Å². The Morgan fingerprint density at radius 3 is 2.61 bits per heavy atom. The molecule has 2 heterocycles. The fourth-order valence-electron chi connectivity index (χ4n) is 3.99. The molecule has 0 unspecified atom stereocenters. The number of nitrogens with zero attached hydrogens (tertiary/aromatic N) is 3. The van der Waals surface area contributed by atoms with Crippen molar-refractivity contribution in [3.63, 3.8) is 0 Å². The van der Waals surface area contributed by atoms with E-state index in [1.54, 1.807) is 12.4 Å². The Kier molecular flexibility index (Phi) is 7.40. The molecule has 1 aliphatic rings. The Balaban J connectivity index is 1.78. The van der Waals surface area contributed by atoms with Gasteiger partial charge in [0.05, 0.1) is 18.3 Å². The molecule has 1 N–H and O–H groups in total. The van der Waals surface area contributed by atoms with Crippen molar-refractivity contribution in [2.24, 2.45) is 5.92 Å². The van der Waals surface area contributed by atoms with E-state index in [2.05, 4.69) is 29.1 Å². The van der Waals surface area contributed by atoms with Gasteiger partial charge in [0.1, 0.15) is 0 Å². The van der Waals surface area contributed by atoms with Crippen LogP contribution in [-0.4, -0.2) is 26.9 Å². The van der Waals surface area contributed by atoms with Crippen LogP contribution in [0.15, 0.2) is 48.9 Å². The van der Waals surface area contributed by atoms with Crippen LogP contribution in [0.1, 0.15) is 69.7 Å². The van der Waals surface area contributed by atoms with Gasteiger partial charge in [0.2, 0.25) is 0 Å². The summed E-state index contributed by atoms with van der Waals surface area (Å²) in [5, 5.41) is 3.30. The normalized spacial score (nSPS) is 16.0. The molecule has 1 fully saturated rings. The first kappa shape index (κ1) is 20.3. The van der Waals surface area contributed by atoms with Crippen molar-refractivity contribution < 1.29 is 4.79 Å².